The topological polar surface area (TPSA) is 0 Å². The molecule has 0 aromatic heterocycles. The van der Waals surface area contributed by atoms with Crippen molar-refractivity contribution < 1.29 is 8.78 Å². The summed E-state index contributed by atoms with van der Waals surface area (Å²) < 4.78 is 26.9. The molecule has 0 aromatic carbocycles. The molecule has 0 atom stereocenters. The van der Waals surface area contributed by atoms with E-state index in [2.05, 4.69) is 0 Å². The van der Waals surface area contributed by atoms with Crippen LogP contribution in [0.2, 0.25) is 0 Å². The summed E-state index contributed by atoms with van der Waals surface area (Å²) in [4.78, 5) is 0. The first-order valence-electron chi connectivity index (χ1n) is 4.84. The highest BCUT2D eigenvalue weighted by Crippen LogP contribution is 2.76. The Bertz CT molecular complexity index is 201. The van der Waals surface area contributed by atoms with Crippen LogP contribution in [0.4, 0.5) is 8.78 Å². The molecule has 1 rings (SSSR count). The number of rotatable bonds is 0. The third-order valence-corrected chi connectivity index (χ3v) is 3.55. The van der Waals surface area contributed by atoms with Gasteiger partial charge in [-0.05, 0) is 10.8 Å². The molecule has 0 unspecified atom stereocenters. The Labute approximate surface area is 79.7 Å². The van der Waals surface area contributed by atoms with Gasteiger partial charge in [0.1, 0.15) is 0 Å². The van der Waals surface area contributed by atoms with E-state index in [1.165, 1.54) is 0 Å². The minimum absolute atomic E-state index is 0.0486. The number of hydrogen-bond acceptors (Lipinski definition) is 0. The maximum Gasteiger partial charge on any atom is 0.255 e. The van der Waals surface area contributed by atoms with E-state index >= 15 is 0 Å². The summed E-state index contributed by atoms with van der Waals surface area (Å²) in [6.45, 7) is 11.5. The highest BCUT2D eigenvalue weighted by Gasteiger charge is 2.79. The van der Waals surface area contributed by atoms with Gasteiger partial charge >= 0.3 is 0 Å². The average molecular weight is 190 g/mol. The zero-order valence-electron chi connectivity index (χ0n) is 9.46. The molecule has 13 heavy (non-hydrogen) atoms. The second-order valence-corrected chi connectivity index (χ2v) is 6.29. The fourth-order valence-corrected chi connectivity index (χ4v) is 3.04. The van der Waals surface area contributed by atoms with Gasteiger partial charge in [-0.25, -0.2) is 8.78 Å². The fraction of sp³-hybridized carbons (Fsp3) is 1.00. The Hall–Kier alpha value is -0.140. The number of hydrogen-bond donors (Lipinski definition) is 0. The molecule has 1 aliphatic rings. The first kappa shape index (κ1) is 10.9. The molecule has 1 saturated carbocycles. The van der Waals surface area contributed by atoms with Crippen LogP contribution in [0.3, 0.4) is 0 Å². The first-order chi connectivity index (χ1) is 5.46. The summed E-state index contributed by atoms with van der Waals surface area (Å²) >= 11 is 0. The van der Waals surface area contributed by atoms with E-state index in [1.807, 2.05) is 41.5 Å². The minimum Gasteiger partial charge on any atom is -0.206 e. The van der Waals surface area contributed by atoms with Gasteiger partial charge in [-0.15, -0.1) is 0 Å². The molecule has 2 heteroatoms. The van der Waals surface area contributed by atoms with E-state index in [0.717, 1.165) is 0 Å². The molecule has 0 saturated heterocycles. The fourth-order valence-electron chi connectivity index (χ4n) is 3.04. The molecule has 78 valence electrons. The first-order valence-corrected chi connectivity index (χ1v) is 4.84. The monoisotopic (exact) mass is 190 g/mol. The lowest BCUT2D eigenvalue weighted by Gasteiger charge is -2.41. The normalized spacial score (nSPS) is 25.8. The Morgan fingerprint density at radius 2 is 1.08 bits per heavy atom. The number of halogens is 2. The SMILES string of the molecule is CC(C)(C)C1(C(C)(C)C)CC1(F)F. The summed E-state index contributed by atoms with van der Waals surface area (Å²) in [5.74, 6) is -2.47. The molecule has 0 amide bonds. The molecule has 0 N–H and O–H groups in total. The maximum atomic E-state index is 13.4. The Kier molecular flexibility index (Phi) is 1.90. The maximum absolute atomic E-state index is 13.4. The van der Waals surface area contributed by atoms with Gasteiger partial charge in [0.05, 0.1) is 0 Å². The molecular weight excluding hydrogens is 170 g/mol. The van der Waals surface area contributed by atoms with Crippen molar-refractivity contribution in [2.45, 2.75) is 53.9 Å². The zero-order valence-corrected chi connectivity index (χ0v) is 9.46. The molecule has 0 heterocycles. The lowest BCUT2D eigenvalue weighted by Crippen LogP contribution is -2.39. The molecular formula is C11H20F2. The van der Waals surface area contributed by atoms with Crippen molar-refractivity contribution in [3.05, 3.63) is 0 Å². The quantitative estimate of drug-likeness (QED) is 0.539. The van der Waals surface area contributed by atoms with Crippen molar-refractivity contribution in [2.24, 2.45) is 16.2 Å². The predicted octanol–water partition coefficient (Wildman–Crippen LogP) is 4.10. The highest BCUT2D eigenvalue weighted by molar-refractivity contribution is 5.20. The second kappa shape index (κ2) is 2.26. The highest BCUT2D eigenvalue weighted by atomic mass is 19.3. The second-order valence-electron chi connectivity index (χ2n) is 6.29. The van der Waals surface area contributed by atoms with Crippen molar-refractivity contribution >= 4 is 0 Å². The Balaban J connectivity index is 3.10. The van der Waals surface area contributed by atoms with E-state index < -0.39 is 11.3 Å². The Morgan fingerprint density at radius 1 is 0.846 bits per heavy atom. The van der Waals surface area contributed by atoms with Crippen LogP contribution >= 0.6 is 0 Å². The lowest BCUT2D eigenvalue weighted by molar-refractivity contribution is -0.0474. The molecule has 0 spiro atoms. The summed E-state index contributed by atoms with van der Waals surface area (Å²) in [5, 5.41) is 0. The summed E-state index contributed by atoms with van der Waals surface area (Å²) in [5.41, 5.74) is -1.46. The van der Waals surface area contributed by atoms with Crippen LogP contribution in [-0.4, -0.2) is 5.92 Å². The molecule has 0 aromatic rings. The van der Waals surface area contributed by atoms with Crippen LogP contribution in [0.15, 0.2) is 0 Å². The van der Waals surface area contributed by atoms with E-state index in [0.29, 0.717) is 0 Å². The van der Waals surface area contributed by atoms with Crippen molar-refractivity contribution in [3.63, 3.8) is 0 Å². The van der Waals surface area contributed by atoms with Gasteiger partial charge in [0.15, 0.2) is 0 Å². The van der Waals surface area contributed by atoms with Crippen LogP contribution < -0.4 is 0 Å². The molecule has 0 nitrogen and oxygen atoms in total. The van der Waals surface area contributed by atoms with Crippen molar-refractivity contribution in [3.8, 4) is 0 Å². The van der Waals surface area contributed by atoms with Crippen molar-refractivity contribution in [1.29, 1.82) is 0 Å². The van der Waals surface area contributed by atoms with Crippen molar-refractivity contribution in [2.75, 3.05) is 0 Å². The van der Waals surface area contributed by atoms with Crippen LogP contribution in [0, 0.1) is 16.2 Å². The third kappa shape index (κ3) is 1.21. The van der Waals surface area contributed by atoms with Crippen molar-refractivity contribution in [1.82, 2.24) is 0 Å². The van der Waals surface area contributed by atoms with Gasteiger partial charge in [-0.3, -0.25) is 0 Å². The van der Waals surface area contributed by atoms with E-state index in [1.54, 1.807) is 0 Å². The molecule has 0 radical (unpaired) electrons. The van der Waals surface area contributed by atoms with Crippen LogP contribution in [0.1, 0.15) is 48.0 Å². The zero-order chi connectivity index (χ0) is 10.7. The standard InChI is InChI=1S/C11H20F2/c1-8(2,3)10(9(4,5)6)7-11(10,12)13/h7H2,1-6H3. The van der Waals surface area contributed by atoms with E-state index in [-0.39, 0.29) is 17.3 Å². The molecule has 0 bridgehead atoms. The third-order valence-electron chi connectivity index (χ3n) is 3.55. The summed E-state index contributed by atoms with van der Waals surface area (Å²) in [6, 6.07) is 0. The largest absolute Gasteiger partial charge is 0.255 e. The average Bonchev–Trinajstić information content (AvgIpc) is 2.30. The summed E-state index contributed by atoms with van der Waals surface area (Å²) in [6.07, 6.45) is 0.0486. The van der Waals surface area contributed by atoms with Gasteiger partial charge in [0.25, 0.3) is 5.92 Å². The molecule has 1 fully saturated rings. The van der Waals surface area contributed by atoms with Gasteiger partial charge in [-0.2, -0.15) is 0 Å². The molecule has 0 aliphatic heterocycles. The Morgan fingerprint density at radius 3 is 1.08 bits per heavy atom. The van der Waals surface area contributed by atoms with Gasteiger partial charge in [0, 0.05) is 11.8 Å². The van der Waals surface area contributed by atoms with Crippen LogP contribution in [0.25, 0.3) is 0 Å². The van der Waals surface area contributed by atoms with Gasteiger partial charge in [0.2, 0.25) is 0 Å². The lowest BCUT2D eigenvalue weighted by atomic mass is 9.63. The van der Waals surface area contributed by atoms with Gasteiger partial charge < -0.3 is 0 Å². The molecule has 1 aliphatic carbocycles. The van der Waals surface area contributed by atoms with Crippen LogP contribution in [0.5, 0.6) is 0 Å². The smallest absolute Gasteiger partial charge is 0.206 e. The predicted molar refractivity (Wildman–Crippen MR) is 50.9 cm³/mol. The summed E-state index contributed by atoms with van der Waals surface area (Å²) in [7, 11) is 0. The van der Waals surface area contributed by atoms with E-state index in [4.69, 9.17) is 0 Å². The number of alkyl halides is 2. The van der Waals surface area contributed by atoms with E-state index in [9.17, 15) is 8.78 Å². The van der Waals surface area contributed by atoms with Gasteiger partial charge in [-0.1, -0.05) is 41.5 Å². The minimum atomic E-state index is -2.47. The van der Waals surface area contributed by atoms with Crippen LogP contribution in [-0.2, 0) is 0 Å².